The minimum atomic E-state index is -0.179. The summed E-state index contributed by atoms with van der Waals surface area (Å²) in [6, 6.07) is 10.5. The topological polar surface area (TPSA) is 71.3 Å². The third-order valence-corrected chi connectivity index (χ3v) is 4.37. The second kappa shape index (κ2) is 5.53. The van der Waals surface area contributed by atoms with Gasteiger partial charge in [-0.15, -0.1) is 10.2 Å². The maximum atomic E-state index is 12.3. The molecular weight excluding hydrogens is 280 g/mol. The summed E-state index contributed by atoms with van der Waals surface area (Å²) in [4.78, 5) is 14.0. The van der Waals surface area contributed by atoms with Crippen molar-refractivity contribution in [2.24, 2.45) is 0 Å². The Morgan fingerprint density at radius 2 is 1.91 bits per heavy atom. The van der Waals surface area contributed by atoms with Crippen LogP contribution >= 0.6 is 0 Å². The Bertz CT molecular complexity index is 660. The summed E-state index contributed by atoms with van der Waals surface area (Å²) in [5.41, 5.74) is 0.821. The summed E-state index contributed by atoms with van der Waals surface area (Å²) < 4.78 is 5.50. The smallest absolute Gasteiger partial charge is 0.311 e. The predicted octanol–water partition coefficient (Wildman–Crippen LogP) is 1.70. The maximum absolute atomic E-state index is 12.3. The molecule has 2 aromatic rings. The number of amides is 1. The molecule has 1 N–H and O–H groups in total. The van der Waals surface area contributed by atoms with Gasteiger partial charge in [-0.3, -0.25) is 4.79 Å². The molecule has 1 amide bonds. The first-order chi connectivity index (χ1) is 10.8. The average molecular weight is 298 g/mol. The fourth-order valence-electron chi connectivity index (χ4n) is 2.80. The molecule has 0 unspecified atom stereocenters. The van der Waals surface area contributed by atoms with Gasteiger partial charge in [-0.05, 0) is 25.0 Å². The van der Waals surface area contributed by atoms with E-state index in [4.69, 9.17) is 4.42 Å². The van der Waals surface area contributed by atoms with E-state index in [2.05, 4.69) is 15.5 Å². The third kappa shape index (κ3) is 2.50. The zero-order valence-corrected chi connectivity index (χ0v) is 12.2. The van der Waals surface area contributed by atoms with Crippen LogP contribution < -0.4 is 5.32 Å². The van der Waals surface area contributed by atoms with Crippen LogP contribution in [0.2, 0.25) is 0 Å². The number of carbonyl (C=O) groups excluding carboxylic acids is 1. The number of hydrogen-bond acceptors (Lipinski definition) is 5. The molecule has 0 radical (unpaired) electrons. The van der Waals surface area contributed by atoms with Crippen LogP contribution in [-0.4, -0.2) is 46.2 Å². The summed E-state index contributed by atoms with van der Waals surface area (Å²) in [6.07, 6.45) is 3.83. The lowest BCUT2D eigenvalue weighted by Gasteiger charge is -2.42. The molecule has 1 aromatic heterocycles. The van der Waals surface area contributed by atoms with Crippen LogP contribution in [0.4, 0.5) is 0 Å². The molecule has 0 bridgehead atoms. The monoisotopic (exact) mass is 298 g/mol. The predicted molar refractivity (Wildman–Crippen MR) is 80.2 cm³/mol. The molecule has 1 saturated carbocycles. The normalized spacial score (nSPS) is 18.8. The number of hydrogen-bond donors (Lipinski definition) is 1. The van der Waals surface area contributed by atoms with E-state index in [0.717, 1.165) is 18.7 Å². The molecule has 1 saturated heterocycles. The molecule has 0 spiro atoms. The minimum Gasteiger partial charge on any atom is -0.412 e. The van der Waals surface area contributed by atoms with Crippen molar-refractivity contribution >= 4 is 5.91 Å². The van der Waals surface area contributed by atoms with Crippen molar-refractivity contribution in [2.45, 2.75) is 31.3 Å². The van der Waals surface area contributed by atoms with Gasteiger partial charge in [-0.25, -0.2) is 0 Å². The highest BCUT2D eigenvalue weighted by Crippen LogP contribution is 2.22. The number of rotatable bonds is 4. The first-order valence-corrected chi connectivity index (χ1v) is 7.74. The van der Waals surface area contributed by atoms with Gasteiger partial charge in [-0.2, -0.15) is 0 Å². The van der Waals surface area contributed by atoms with Gasteiger partial charge in [0.2, 0.25) is 5.89 Å². The fraction of sp³-hybridized carbons (Fsp3) is 0.438. The first-order valence-electron chi connectivity index (χ1n) is 7.74. The molecule has 6 heteroatoms. The van der Waals surface area contributed by atoms with Crippen LogP contribution in [0.15, 0.2) is 34.7 Å². The summed E-state index contributed by atoms with van der Waals surface area (Å²) in [7, 11) is 0. The van der Waals surface area contributed by atoms with Gasteiger partial charge >= 0.3 is 11.8 Å². The Labute approximate surface area is 128 Å². The van der Waals surface area contributed by atoms with Gasteiger partial charge in [0.1, 0.15) is 0 Å². The van der Waals surface area contributed by atoms with Crippen LogP contribution in [-0.2, 0) is 0 Å². The van der Waals surface area contributed by atoms with E-state index in [0.29, 0.717) is 18.0 Å². The molecule has 1 aromatic carbocycles. The molecule has 2 heterocycles. The highest BCUT2D eigenvalue weighted by atomic mass is 16.4. The van der Waals surface area contributed by atoms with E-state index in [1.165, 1.54) is 19.3 Å². The Kier molecular flexibility index (Phi) is 3.38. The number of nitrogens with one attached hydrogen (secondary N) is 1. The average Bonchev–Trinajstić information content (AvgIpc) is 2.94. The van der Waals surface area contributed by atoms with Crippen molar-refractivity contribution < 1.29 is 9.21 Å². The van der Waals surface area contributed by atoms with Crippen LogP contribution in [0.1, 0.15) is 29.9 Å². The molecule has 4 rings (SSSR count). The number of benzene rings is 1. The second-order valence-electron chi connectivity index (χ2n) is 5.98. The molecule has 22 heavy (non-hydrogen) atoms. The summed E-state index contributed by atoms with van der Waals surface area (Å²) in [5, 5.41) is 11.4. The third-order valence-electron chi connectivity index (χ3n) is 4.37. The van der Waals surface area contributed by atoms with Crippen molar-refractivity contribution in [3.05, 3.63) is 36.2 Å². The Morgan fingerprint density at radius 3 is 2.59 bits per heavy atom. The molecule has 0 atom stereocenters. The van der Waals surface area contributed by atoms with Crippen molar-refractivity contribution in [3.8, 4) is 11.5 Å². The largest absolute Gasteiger partial charge is 0.412 e. The summed E-state index contributed by atoms with van der Waals surface area (Å²) >= 11 is 0. The zero-order valence-electron chi connectivity index (χ0n) is 12.2. The zero-order chi connectivity index (χ0) is 14.9. The SMILES string of the molecule is O=C(c1nnc(-c2ccccc2)o1)N1CC(NC2CCC2)C1. The van der Waals surface area contributed by atoms with Crippen LogP contribution in [0, 0.1) is 0 Å². The molecule has 2 aliphatic rings. The van der Waals surface area contributed by atoms with E-state index in [1.54, 1.807) is 4.90 Å². The van der Waals surface area contributed by atoms with Crippen LogP contribution in [0.3, 0.4) is 0 Å². The van der Waals surface area contributed by atoms with Crippen molar-refractivity contribution in [3.63, 3.8) is 0 Å². The first kappa shape index (κ1) is 13.5. The lowest BCUT2D eigenvalue weighted by atomic mass is 9.91. The van der Waals surface area contributed by atoms with Crippen molar-refractivity contribution in [1.82, 2.24) is 20.4 Å². The Hall–Kier alpha value is -2.21. The molecule has 1 aliphatic heterocycles. The Balaban J connectivity index is 1.36. The molecule has 114 valence electrons. The van der Waals surface area contributed by atoms with Crippen LogP contribution in [0.5, 0.6) is 0 Å². The van der Waals surface area contributed by atoms with Gasteiger partial charge in [0.15, 0.2) is 0 Å². The molecular formula is C16H18N4O2. The highest BCUT2D eigenvalue weighted by molar-refractivity contribution is 5.90. The fourth-order valence-corrected chi connectivity index (χ4v) is 2.80. The minimum absolute atomic E-state index is 0.0703. The number of nitrogens with zero attached hydrogens (tertiary/aromatic N) is 3. The van der Waals surface area contributed by atoms with E-state index in [-0.39, 0.29) is 11.8 Å². The molecule has 1 aliphatic carbocycles. The molecule has 2 fully saturated rings. The summed E-state index contributed by atoms with van der Waals surface area (Å²) in [5.74, 6) is 0.274. The molecule has 6 nitrogen and oxygen atoms in total. The van der Waals surface area contributed by atoms with E-state index < -0.39 is 0 Å². The van der Waals surface area contributed by atoms with E-state index in [1.807, 2.05) is 30.3 Å². The lowest BCUT2D eigenvalue weighted by Crippen LogP contribution is -2.62. The number of carbonyl (C=O) groups is 1. The Morgan fingerprint density at radius 1 is 1.14 bits per heavy atom. The standard InChI is InChI=1S/C16H18N4O2/c21-16(20-9-13(10-20)17-12-7-4-8-12)15-19-18-14(22-15)11-5-2-1-3-6-11/h1-3,5-6,12-13,17H,4,7-10H2. The van der Waals surface area contributed by atoms with E-state index >= 15 is 0 Å². The summed E-state index contributed by atoms with van der Waals surface area (Å²) in [6.45, 7) is 1.44. The number of likely N-dealkylation sites (tertiary alicyclic amines) is 1. The van der Waals surface area contributed by atoms with Crippen molar-refractivity contribution in [2.75, 3.05) is 13.1 Å². The lowest BCUT2D eigenvalue weighted by molar-refractivity contribution is 0.0494. The van der Waals surface area contributed by atoms with Crippen LogP contribution in [0.25, 0.3) is 11.5 Å². The van der Waals surface area contributed by atoms with Gasteiger partial charge in [0.05, 0.1) is 0 Å². The van der Waals surface area contributed by atoms with Crippen molar-refractivity contribution in [1.29, 1.82) is 0 Å². The van der Waals surface area contributed by atoms with Gasteiger partial charge in [-0.1, -0.05) is 24.6 Å². The van der Waals surface area contributed by atoms with Gasteiger partial charge in [0.25, 0.3) is 0 Å². The highest BCUT2D eigenvalue weighted by Gasteiger charge is 2.35. The quantitative estimate of drug-likeness (QED) is 0.930. The van der Waals surface area contributed by atoms with E-state index in [9.17, 15) is 4.79 Å². The number of aromatic nitrogens is 2. The second-order valence-corrected chi connectivity index (χ2v) is 5.98. The van der Waals surface area contributed by atoms with Gasteiger partial charge < -0.3 is 14.6 Å². The maximum Gasteiger partial charge on any atom is 0.311 e. The van der Waals surface area contributed by atoms with Gasteiger partial charge in [0, 0.05) is 30.7 Å².